The molecule has 0 radical (unpaired) electrons. The average molecular weight is 197 g/mol. The zero-order chi connectivity index (χ0) is 10.4. The monoisotopic (exact) mass is 197 g/mol. The highest BCUT2D eigenvalue weighted by atomic mass is 16.1. The van der Waals surface area contributed by atoms with Gasteiger partial charge in [-0.2, -0.15) is 0 Å². The maximum atomic E-state index is 11.4. The van der Waals surface area contributed by atoms with Crippen LogP contribution in [0.4, 0.5) is 0 Å². The molecule has 0 aliphatic heterocycles. The Labute approximate surface area is 85.3 Å². The first kappa shape index (κ1) is 11.2. The van der Waals surface area contributed by atoms with Gasteiger partial charge in [-0.05, 0) is 12.8 Å². The van der Waals surface area contributed by atoms with Gasteiger partial charge in [-0.1, -0.05) is 26.2 Å². The Balaban J connectivity index is 2.21. The smallest absolute Gasteiger partial charge is 0.220 e. The maximum Gasteiger partial charge on any atom is 0.220 e. The summed E-state index contributed by atoms with van der Waals surface area (Å²) in [6, 6.07) is 0.357. The van der Waals surface area contributed by atoms with Crippen molar-refractivity contribution < 1.29 is 9.59 Å². The van der Waals surface area contributed by atoms with E-state index in [1.165, 1.54) is 19.3 Å². The van der Waals surface area contributed by atoms with Gasteiger partial charge in [0.25, 0.3) is 0 Å². The van der Waals surface area contributed by atoms with Gasteiger partial charge in [-0.25, -0.2) is 0 Å². The lowest BCUT2D eigenvalue weighted by Gasteiger charge is -2.22. The van der Waals surface area contributed by atoms with Crippen molar-refractivity contribution in [3.63, 3.8) is 0 Å². The lowest BCUT2D eigenvalue weighted by molar-refractivity contribution is -0.125. The number of hydrogen-bond acceptors (Lipinski definition) is 2. The van der Waals surface area contributed by atoms with Gasteiger partial charge >= 0.3 is 0 Å². The van der Waals surface area contributed by atoms with Crippen LogP contribution in [0.5, 0.6) is 0 Å². The van der Waals surface area contributed by atoms with E-state index in [1.807, 2.05) is 0 Å². The predicted molar refractivity (Wildman–Crippen MR) is 54.9 cm³/mol. The van der Waals surface area contributed by atoms with Crippen LogP contribution in [-0.2, 0) is 9.59 Å². The van der Waals surface area contributed by atoms with Crippen LogP contribution in [0.1, 0.15) is 45.4 Å². The molecular formula is C11H19NO2. The molecule has 1 aliphatic carbocycles. The molecule has 0 spiro atoms. The van der Waals surface area contributed by atoms with Crippen LogP contribution in [-0.4, -0.2) is 18.2 Å². The van der Waals surface area contributed by atoms with Crippen molar-refractivity contribution in [2.24, 2.45) is 5.92 Å². The molecule has 14 heavy (non-hydrogen) atoms. The summed E-state index contributed by atoms with van der Waals surface area (Å²) in [6.45, 7) is 1.77. The van der Waals surface area contributed by atoms with E-state index >= 15 is 0 Å². The van der Waals surface area contributed by atoms with E-state index < -0.39 is 0 Å². The minimum atomic E-state index is -0.154. The fraction of sp³-hybridized carbons (Fsp3) is 0.818. The number of carbonyl (C=O) groups excluding carboxylic acids is 2. The topological polar surface area (TPSA) is 46.2 Å². The quantitative estimate of drug-likeness (QED) is 0.697. The molecule has 1 rings (SSSR count). The van der Waals surface area contributed by atoms with Crippen molar-refractivity contribution in [3.8, 4) is 0 Å². The van der Waals surface area contributed by atoms with Crippen molar-refractivity contribution in [2.75, 3.05) is 0 Å². The summed E-state index contributed by atoms with van der Waals surface area (Å²) in [6.07, 6.45) is 7.09. The second kappa shape index (κ2) is 5.78. The average Bonchev–Trinajstić information content (AvgIpc) is 2.19. The van der Waals surface area contributed by atoms with Gasteiger partial charge in [0, 0.05) is 18.4 Å². The third-order valence-electron chi connectivity index (χ3n) is 2.71. The normalized spacial score (nSPS) is 20.1. The molecule has 3 nitrogen and oxygen atoms in total. The van der Waals surface area contributed by atoms with E-state index in [9.17, 15) is 9.59 Å². The van der Waals surface area contributed by atoms with Gasteiger partial charge < -0.3 is 10.1 Å². The van der Waals surface area contributed by atoms with Gasteiger partial charge in [-0.15, -0.1) is 0 Å². The van der Waals surface area contributed by atoms with Crippen molar-refractivity contribution in [1.29, 1.82) is 0 Å². The standard InChI is InChI=1S/C11H19NO2/c1-9(8-13)7-11(14)12-10-5-3-2-4-6-10/h8-10H,2-7H2,1H3,(H,12,14). The van der Waals surface area contributed by atoms with Gasteiger partial charge in [0.05, 0.1) is 0 Å². The second-order valence-corrected chi connectivity index (χ2v) is 4.22. The van der Waals surface area contributed by atoms with E-state index in [-0.39, 0.29) is 11.8 Å². The molecule has 1 amide bonds. The first-order valence-corrected chi connectivity index (χ1v) is 5.47. The van der Waals surface area contributed by atoms with Crippen LogP contribution in [0, 0.1) is 5.92 Å². The van der Waals surface area contributed by atoms with Crippen LogP contribution in [0.25, 0.3) is 0 Å². The van der Waals surface area contributed by atoms with Crippen LogP contribution in [0.3, 0.4) is 0 Å². The van der Waals surface area contributed by atoms with E-state index in [4.69, 9.17) is 0 Å². The Kier molecular flexibility index (Phi) is 4.63. The van der Waals surface area contributed by atoms with E-state index in [0.717, 1.165) is 19.1 Å². The van der Waals surface area contributed by atoms with Gasteiger partial charge in [0.2, 0.25) is 5.91 Å². The molecule has 1 atom stereocenters. The largest absolute Gasteiger partial charge is 0.353 e. The molecule has 1 N–H and O–H groups in total. The minimum absolute atomic E-state index is 0.0245. The highest BCUT2D eigenvalue weighted by Crippen LogP contribution is 2.17. The maximum absolute atomic E-state index is 11.4. The summed E-state index contributed by atoms with van der Waals surface area (Å²) < 4.78 is 0. The Morgan fingerprint density at radius 3 is 2.64 bits per heavy atom. The SMILES string of the molecule is CC(C=O)CC(=O)NC1CCCCC1. The van der Waals surface area contributed by atoms with Gasteiger partial charge in [-0.3, -0.25) is 4.79 Å². The number of amides is 1. The predicted octanol–water partition coefficient (Wildman–Crippen LogP) is 1.66. The minimum Gasteiger partial charge on any atom is -0.353 e. The van der Waals surface area contributed by atoms with Crippen LogP contribution < -0.4 is 5.32 Å². The van der Waals surface area contributed by atoms with Crippen molar-refractivity contribution in [3.05, 3.63) is 0 Å². The fourth-order valence-corrected chi connectivity index (χ4v) is 1.87. The molecule has 1 fully saturated rings. The summed E-state index contributed by atoms with van der Waals surface area (Å²) in [5, 5.41) is 2.99. The van der Waals surface area contributed by atoms with Gasteiger partial charge in [0.15, 0.2) is 0 Å². The zero-order valence-corrected chi connectivity index (χ0v) is 8.79. The Hall–Kier alpha value is -0.860. The molecule has 80 valence electrons. The lowest BCUT2D eigenvalue weighted by Crippen LogP contribution is -2.36. The summed E-state index contributed by atoms with van der Waals surface area (Å²) in [5.41, 5.74) is 0. The lowest BCUT2D eigenvalue weighted by atomic mass is 9.95. The number of carbonyl (C=O) groups is 2. The van der Waals surface area contributed by atoms with Gasteiger partial charge in [0.1, 0.15) is 6.29 Å². The highest BCUT2D eigenvalue weighted by Gasteiger charge is 2.16. The Bertz CT molecular complexity index is 197. The third kappa shape index (κ3) is 3.90. The molecular weight excluding hydrogens is 178 g/mol. The third-order valence-corrected chi connectivity index (χ3v) is 2.71. The van der Waals surface area contributed by atoms with Crippen LogP contribution in [0.15, 0.2) is 0 Å². The van der Waals surface area contributed by atoms with E-state index in [1.54, 1.807) is 6.92 Å². The van der Waals surface area contributed by atoms with E-state index in [0.29, 0.717) is 12.5 Å². The second-order valence-electron chi connectivity index (χ2n) is 4.22. The molecule has 0 bridgehead atoms. The Morgan fingerprint density at radius 1 is 1.43 bits per heavy atom. The molecule has 1 unspecified atom stereocenters. The number of hydrogen-bond donors (Lipinski definition) is 1. The summed E-state index contributed by atoms with van der Waals surface area (Å²) in [5.74, 6) is -0.130. The summed E-state index contributed by atoms with van der Waals surface area (Å²) >= 11 is 0. The van der Waals surface area contributed by atoms with E-state index in [2.05, 4.69) is 5.32 Å². The van der Waals surface area contributed by atoms with Crippen molar-refractivity contribution in [1.82, 2.24) is 5.32 Å². The van der Waals surface area contributed by atoms with Crippen molar-refractivity contribution >= 4 is 12.2 Å². The molecule has 1 saturated carbocycles. The molecule has 0 aromatic carbocycles. The molecule has 0 heterocycles. The highest BCUT2D eigenvalue weighted by molar-refractivity contribution is 5.79. The van der Waals surface area contributed by atoms with Crippen LogP contribution in [0.2, 0.25) is 0 Å². The number of nitrogens with one attached hydrogen (secondary N) is 1. The summed E-state index contributed by atoms with van der Waals surface area (Å²) in [7, 11) is 0. The molecule has 1 aliphatic rings. The Morgan fingerprint density at radius 2 is 2.07 bits per heavy atom. The molecule has 0 aromatic heterocycles. The van der Waals surface area contributed by atoms with Crippen LogP contribution >= 0.6 is 0 Å². The molecule has 0 aromatic rings. The van der Waals surface area contributed by atoms with Crippen molar-refractivity contribution in [2.45, 2.75) is 51.5 Å². The fourth-order valence-electron chi connectivity index (χ4n) is 1.87. The molecule has 3 heteroatoms. The first-order valence-electron chi connectivity index (χ1n) is 5.47. The number of aldehydes is 1. The number of rotatable bonds is 4. The zero-order valence-electron chi connectivity index (χ0n) is 8.79. The first-order chi connectivity index (χ1) is 6.72. The summed E-state index contributed by atoms with van der Waals surface area (Å²) in [4.78, 5) is 21.8. The molecule has 0 saturated heterocycles.